The molecule has 2 N–H and O–H groups in total. The highest BCUT2D eigenvalue weighted by Crippen LogP contribution is 2.28. The molecule has 0 spiro atoms. The van der Waals surface area contributed by atoms with Gasteiger partial charge in [0.25, 0.3) is 0 Å². The van der Waals surface area contributed by atoms with Gasteiger partial charge < -0.3 is 10.1 Å². The lowest BCUT2D eigenvalue weighted by Crippen LogP contribution is -2.09. The number of anilines is 3. The van der Waals surface area contributed by atoms with Gasteiger partial charge in [0.15, 0.2) is 0 Å². The van der Waals surface area contributed by atoms with E-state index in [4.69, 9.17) is 4.74 Å². The first-order chi connectivity index (χ1) is 11.4. The molecule has 0 saturated heterocycles. The number of ether oxygens (including phenoxy) is 1. The Bertz CT molecular complexity index is 987. The Morgan fingerprint density at radius 1 is 1.04 bits per heavy atom. The van der Waals surface area contributed by atoms with Crippen LogP contribution in [0, 0.1) is 0 Å². The van der Waals surface area contributed by atoms with Crippen LogP contribution in [-0.2, 0) is 10.0 Å². The zero-order chi connectivity index (χ0) is 17.2. The highest BCUT2D eigenvalue weighted by molar-refractivity contribution is 7.92. The number of benzene rings is 2. The van der Waals surface area contributed by atoms with Gasteiger partial charge in [-0.15, -0.1) is 0 Å². The van der Waals surface area contributed by atoms with Crippen LogP contribution in [0.5, 0.6) is 5.75 Å². The lowest BCUT2D eigenvalue weighted by Gasteiger charge is -2.11. The molecule has 0 saturated carbocycles. The smallest absolute Gasteiger partial charge is 0.229 e. The molecule has 1 heterocycles. The van der Waals surface area contributed by atoms with Crippen molar-refractivity contribution in [1.82, 2.24) is 4.98 Å². The van der Waals surface area contributed by atoms with Gasteiger partial charge in [-0.3, -0.25) is 9.71 Å². The summed E-state index contributed by atoms with van der Waals surface area (Å²) in [5.41, 5.74) is 2.94. The lowest BCUT2D eigenvalue weighted by atomic mass is 10.1. The van der Waals surface area contributed by atoms with Gasteiger partial charge in [0.2, 0.25) is 10.0 Å². The molecular weight excluding hydrogens is 326 g/mol. The van der Waals surface area contributed by atoms with E-state index in [1.807, 2.05) is 36.4 Å². The van der Waals surface area contributed by atoms with E-state index in [9.17, 15) is 8.42 Å². The molecular formula is C17H17N3O3S. The third-order valence-electron chi connectivity index (χ3n) is 3.39. The van der Waals surface area contributed by atoms with Crippen LogP contribution in [0.15, 0.2) is 54.7 Å². The Hall–Kier alpha value is -2.80. The number of hydrogen-bond donors (Lipinski definition) is 2. The number of hydrogen-bond acceptors (Lipinski definition) is 5. The van der Waals surface area contributed by atoms with Crippen LogP contribution in [0.4, 0.5) is 17.1 Å². The second-order valence-electron chi connectivity index (χ2n) is 5.32. The molecule has 0 amide bonds. The van der Waals surface area contributed by atoms with E-state index >= 15 is 0 Å². The second kappa shape index (κ2) is 6.37. The molecule has 0 fully saturated rings. The molecule has 0 bridgehead atoms. The maximum absolute atomic E-state index is 11.3. The maximum atomic E-state index is 11.3. The van der Waals surface area contributed by atoms with Crippen molar-refractivity contribution in [2.45, 2.75) is 0 Å². The number of rotatable bonds is 5. The summed E-state index contributed by atoms with van der Waals surface area (Å²) in [6.45, 7) is 0. The Morgan fingerprint density at radius 2 is 1.88 bits per heavy atom. The molecule has 2 aromatic carbocycles. The van der Waals surface area contributed by atoms with Crippen molar-refractivity contribution in [2.24, 2.45) is 0 Å². The molecule has 0 unspecified atom stereocenters. The molecule has 0 atom stereocenters. The summed E-state index contributed by atoms with van der Waals surface area (Å²) < 4.78 is 30.4. The van der Waals surface area contributed by atoms with Gasteiger partial charge in [0, 0.05) is 29.0 Å². The number of nitrogens with one attached hydrogen (secondary N) is 2. The molecule has 3 aromatic rings. The minimum Gasteiger partial charge on any atom is -0.497 e. The van der Waals surface area contributed by atoms with E-state index in [1.54, 1.807) is 25.4 Å². The summed E-state index contributed by atoms with van der Waals surface area (Å²) in [5.74, 6) is 0.762. The third kappa shape index (κ3) is 3.75. The molecule has 0 aliphatic carbocycles. The fraction of sp³-hybridized carbons (Fsp3) is 0.118. The van der Waals surface area contributed by atoms with Crippen LogP contribution in [0.2, 0.25) is 0 Å². The number of methoxy groups -OCH3 is 1. The number of aromatic nitrogens is 1. The van der Waals surface area contributed by atoms with Crippen molar-refractivity contribution in [3.8, 4) is 5.75 Å². The minimum absolute atomic E-state index is 0.482. The summed E-state index contributed by atoms with van der Waals surface area (Å²) in [4.78, 5) is 4.31. The molecule has 0 radical (unpaired) electrons. The van der Waals surface area contributed by atoms with Crippen LogP contribution in [-0.4, -0.2) is 26.8 Å². The van der Waals surface area contributed by atoms with Crippen molar-refractivity contribution in [3.63, 3.8) is 0 Å². The Morgan fingerprint density at radius 3 is 2.62 bits per heavy atom. The first-order valence-electron chi connectivity index (χ1n) is 7.22. The van der Waals surface area contributed by atoms with Gasteiger partial charge in [-0.2, -0.15) is 0 Å². The Balaban J connectivity index is 1.96. The molecule has 3 rings (SSSR count). The second-order valence-corrected chi connectivity index (χ2v) is 7.07. The number of sulfonamides is 1. The van der Waals surface area contributed by atoms with Crippen molar-refractivity contribution >= 4 is 38.0 Å². The standard InChI is InChI=1S/C17H17N3O3S/c1-23-14-5-3-4-12(10-14)19-16-8-9-18-17-11-13(6-7-15(16)17)20-24(2,21)22/h3-11,20H,1-2H3,(H,18,19). The van der Waals surface area contributed by atoms with E-state index in [2.05, 4.69) is 15.0 Å². The first-order valence-corrected chi connectivity index (χ1v) is 9.11. The van der Waals surface area contributed by atoms with E-state index in [0.29, 0.717) is 11.2 Å². The Kier molecular flexibility index (Phi) is 4.26. The van der Waals surface area contributed by atoms with E-state index in [0.717, 1.165) is 28.8 Å². The van der Waals surface area contributed by atoms with Gasteiger partial charge >= 0.3 is 0 Å². The number of nitrogens with zero attached hydrogens (tertiary/aromatic N) is 1. The maximum Gasteiger partial charge on any atom is 0.229 e. The van der Waals surface area contributed by atoms with Gasteiger partial charge in [-0.1, -0.05) is 6.07 Å². The quantitative estimate of drug-likeness (QED) is 0.742. The monoisotopic (exact) mass is 343 g/mol. The predicted octanol–water partition coefficient (Wildman–Crippen LogP) is 3.36. The summed E-state index contributed by atoms with van der Waals surface area (Å²) in [6.07, 6.45) is 2.79. The van der Waals surface area contributed by atoms with Crippen LogP contribution < -0.4 is 14.8 Å². The third-order valence-corrected chi connectivity index (χ3v) is 4.00. The topological polar surface area (TPSA) is 80.3 Å². The summed E-state index contributed by atoms with van der Waals surface area (Å²) >= 11 is 0. The van der Waals surface area contributed by atoms with Gasteiger partial charge in [0.05, 0.1) is 24.6 Å². The van der Waals surface area contributed by atoms with Gasteiger partial charge in [-0.05, 0) is 36.4 Å². The number of fused-ring (bicyclic) bond motifs is 1. The van der Waals surface area contributed by atoms with Gasteiger partial charge in [0.1, 0.15) is 5.75 Å². The minimum atomic E-state index is -3.32. The molecule has 0 aliphatic rings. The van der Waals surface area contributed by atoms with Crippen molar-refractivity contribution < 1.29 is 13.2 Å². The van der Waals surface area contributed by atoms with Crippen molar-refractivity contribution in [1.29, 1.82) is 0 Å². The summed E-state index contributed by atoms with van der Waals surface area (Å²) in [6, 6.07) is 14.7. The molecule has 6 nitrogen and oxygen atoms in total. The fourth-order valence-electron chi connectivity index (χ4n) is 2.39. The van der Waals surface area contributed by atoms with Crippen LogP contribution in [0.3, 0.4) is 0 Å². The van der Waals surface area contributed by atoms with Crippen LogP contribution in [0.1, 0.15) is 0 Å². The highest BCUT2D eigenvalue weighted by Gasteiger charge is 2.07. The zero-order valence-electron chi connectivity index (χ0n) is 13.3. The van der Waals surface area contributed by atoms with Crippen molar-refractivity contribution in [3.05, 3.63) is 54.7 Å². The van der Waals surface area contributed by atoms with Gasteiger partial charge in [-0.25, -0.2) is 8.42 Å². The Labute approximate surface area is 140 Å². The summed E-state index contributed by atoms with van der Waals surface area (Å²) in [5, 5.41) is 4.22. The highest BCUT2D eigenvalue weighted by atomic mass is 32.2. The molecule has 1 aromatic heterocycles. The zero-order valence-corrected chi connectivity index (χ0v) is 14.1. The average Bonchev–Trinajstić information content (AvgIpc) is 2.53. The lowest BCUT2D eigenvalue weighted by molar-refractivity contribution is 0.415. The largest absolute Gasteiger partial charge is 0.497 e. The van der Waals surface area contributed by atoms with Crippen LogP contribution in [0.25, 0.3) is 10.9 Å². The molecule has 0 aliphatic heterocycles. The van der Waals surface area contributed by atoms with E-state index < -0.39 is 10.0 Å². The summed E-state index contributed by atoms with van der Waals surface area (Å²) in [7, 11) is -1.70. The van der Waals surface area contributed by atoms with E-state index in [1.165, 1.54) is 0 Å². The van der Waals surface area contributed by atoms with Crippen molar-refractivity contribution in [2.75, 3.05) is 23.4 Å². The molecule has 7 heteroatoms. The number of pyridine rings is 1. The van der Waals surface area contributed by atoms with Crippen LogP contribution >= 0.6 is 0 Å². The van der Waals surface area contributed by atoms with E-state index in [-0.39, 0.29) is 0 Å². The SMILES string of the molecule is COc1cccc(Nc2ccnc3cc(NS(C)(=O)=O)ccc23)c1. The first kappa shape index (κ1) is 16.1. The molecule has 124 valence electrons. The fourth-order valence-corrected chi connectivity index (χ4v) is 2.95. The predicted molar refractivity (Wildman–Crippen MR) is 96.5 cm³/mol. The molecule has 24 heavy (non-hydrogen) atoms. The average molecular weight is 343 g/mol. The normalized spacial score (nSPS) is 11.2.